The van der Waals surface area contributed by atoms with E-state index in [0.29, 0.717) is 5.92 Å². The maximum atomic E-state index is 4.89. The van der Waals surface area contributed by atoms with Crippen LogP contribution in [0.5, 0.6) is 0 Å². The molecule has 4 rings (SSSR count). The fourth-order valence-corrected chi connectivity index (χ4v) is 3.38. The molecule has 0 saturated carbocycles. The lowest BCUT2D eigenvalue weighted by molar-refractivity contribution is 0.672. The second-order valence-electron chi connectivity index (χ2n) is 6.47. The molecule has 2 unspecified atom stereocenters. The fraction of sp³-hybridized carbons (Fsp3) is 0.182. The summed E-state index contributed by atoms with van der Waals surface area (Å²) in [6.45, 7) is 4.31. The minimum absolute atomic E-state index is 0.282. The Kier molecular flexibility index (Phi) is 3.73. The predicted octanol–water partition coefficient (Wildman–Crippen LogP) is 3.45. The Bertz CT molecular complexity index is 990. The number of aryl methyl sites for hydroxylation is 1. The molecule has 0 bridgehead atoms. The molecule has 1 aliphatic carbocycles. The molecule has 0 saturated heterocycles. The van der Waals surface area contributed by atoms with Gasteiger partial charge in [-0.2, -0.15) is 0 Å². The third-order valence-electron chi connectivity index (χ3n) is 4.61. The number of rotatable bonds is 2. The Morgan fingerprint density at radius 3 is 2.21 bits per heavy atom. The van der Waals surface area contributed by atoms with Gasteiger partial charge in [0.05, 0.1) is 5.69 Å². The summed E-state index contributed by atoms with van der Waals surface area (Å²) in [6.07, 6.45) is 4.69. The van der Waals surface area contributed by atoms with E-state index in [4.69, 9.17) is 4.98 Å². The van der Waals surface area contributed by atoms with E-state index in [0.717, 1.165) is 22.8 Å². The van der Waals surface area contributed by atoms with Crippen molar-refractivity contribution in [2.24, 2.45) is 5.92 Å². The van der Waals surface area contributed by atoms with Gasteiger partial charge in [-0.15, -0.1) is 0 Å². The highest BCUT2D eigenvalue weighted by atomic mass is 14.9. The lowest BCUT2D eigenvalue weighted by Gasteiger charge is -2.21. The van der Waals surface area contributed by atoms with Gasteiger partial charge in [-0.05, 0) is 29.3 Å². The minimum Gasteiger partial charge on any atom is -0.233 e. The Morgan fingerprint density at radius 2 is 1.46 bits per heavy atom. The zero-order valence-electron chi connectivity index (χ0n) is 14.0. The van der Waals surface area contributed by atoms with Gasteiger partial charge in [-0.25, -0.2) is 9.97 Å². The summed E-state index contributed by atoms with van der Waals surface area (Å²) < 4.78 is 0. The van der Waals surface area contributed by atoms with Gasteiger partial charge < -0.3 is 0 Å². The van der Waals surface area contributed by atoms with Crippen LogP contribution in [-0.2, 0) is 0 Å². The molecule has 2 aromatic carbocycles. The molecular weight excluding hydrogens is 292 g/mol. The van der Waals surface area contributed by atoms with Gasteiger partial charge in [0.25, 0.3) is 0 Å². The highest BCUT2D eigenvalue weighted by Crippen LogP contribution is 2.29. The van der Waals surface area contributed by atoms with Crippen LogP contribution in [0.3, 0.4) is 0 Å². The largest absolute Gasteiger partial charge is 0.233 e. The molecule has 0 fully saturated rings. The van der Waals surface area contributed by atoms with Gasteiger partial charge in [0.15, 0.2) is 5.82 Å². The molecule has 3 aromatic rings. The van der Waals surface area contributed by atoms with Crippen molar-refractivity contribution in [3.63, 3.8) is 0 Å². The second kappa shape index (κ2) is 6.04. The maximum Gasteiger partial charge on any atom is 0.159 e. The second-order valence-corrected chi connectivity index (χ2v) is 6.47. The molecule has 0 amide bonds. The molecule has 118 valence electrons. The maximum absolute atomic E-state index is 4.89. The zero-order valence-corrected chi connectivity index (χ0v) is 14.0. The molecule has 2 atom stereocenters. The van der Waals surface area contributed by atoms with E-state index in [1.165, 1.54) is 10.4 Å². The molecule has 0 radical (unpaired) electrons. The Labute approximate surface area is 142 Å². The van der Waals surface area contributed by atoms with Crippen molar-refractivity contribution in [2.45, 2.75) is 19.8 Å². The average Bonchev–Trinajstić information content (AvgIpc) is 2.61. The van der Waals surface area contributed by atoms with Crippen molar-refractivity contribution in [2.75, 3.05) is 0 Å². The molecule has 0 N–H and O–H groups in total. The van der Waals surface area contributed by atoms with Crippen LogP contribution in [-0.4, -0.2) is 9.97 Å². The van der Waals surface area contributed by atoms with Crippen molar-refractivity contribution in [1.82, 2.24) is 9.97 Å². The Hall–Kier alpha value is -2.74. The summed E-state index contributed by atoms with van der Waals surface area (Å²) in [4.78, 5) is 9.52. The third kappa shape index (κ3) is 2.76. The SMILES string of the molecule is Cc1cc(C2C=c3ccccc3=CC2C)nc(-c2ccccc2)n1. The molecule has 0 aliphatic heterocycles. The summed E-state index contributed by atoms with van der Waals surface area (Å²) in [5.41, 5.74) is 3.17. The summed E-state index contributed by atoms with van der Waals surface area (Å²) in [5, 5.41) is 2.61. The first-order chi connectivity index (χ1) is 11.7. The Balaban J connectivity index is 1.83. The molecule has 1 heterocycles. The topological polar surface area (TPSA) is 25.8 Å². The van der Waals surface area contributed by atoms with Gasteiger partial charge in [-0.3, -0.25) is 0 Å². The number of nitrogens with zero attached hydrogens (tertiary/aromatic N) is 2. The minimum atomic E-state index is 0.282. The number of hydrogen-bond acceptors (Lipinski definition) is 2. The number of fused-ring (bicyclic) bond motifs is 1. The highest BCUT2D eigenvalue weighted by molar-refractivity contribution is 5.56. The van der Waals surface area contributed by atoms with Gasteiger partial charge in [0, 0.05) is 17.2 Å². The van der Waals surface area contributed by atoms with Crippen molar-refractivity contribution in [1.29, 1.82) is 0 Å². The lowest BCUT2D eigenvalue weighted by atomic mass is 9.85. The first-order valence-corrected chi connectivity index (χ1v) is 8.40. The molecule has 2 heteroatoms. The van der Waals surface area contributed by atoms with E-state index < -0.39 is 0 Å². The lowest BCUT2D eigenvalue weighted by Crippen LogP contribution is -2.31. The fourth-order valence-electron chi connectivity index (χ4n) is 3.38. The van der Waals surface area contributed by atoms with Crippen molar-refractivity contribution >= 4 is 12.2 Å². The molecular formula is C22H20N2. The van der Waals surface area contributed by atoms with Crippen LogP contribution in [0.2, 0.25) is 0 Å². The third-order valence-corrected chi connectivity index (χ3v) is 4.61. The van der Waals surface area contributed by atoms with Crippen LogP contribution in [0.1, 0.15) is 24.2 Å². The van der Waals surface area contributed by atoms with Crippen molar-refractivity contribution in [3.05, 3.63) is 82.5 Å². The van der Waals surface area contributed by atoms with E-state index in [1.807, 2.05) is 25.1 Å². The monoisotopic (exact) mass is 312 g/mol. The quantitative estimate of drug-likeness (QED) is 0.724. The highest BCUT2D eigenvalue weighted by Gasteiger charge is 2.20. The zero-order chi connectivity index (χ0) is 16.5. The summed E-state index contributed by atoms with van der Waals surface area (Å²) >= 11 is 0. The normalized spacial score (nSPS) is 19.1. The molecule has 1 aromatic heterocycles. The predicted molar refractivity (Wildman–Crippen MR) is 98.7 cm³/mol. The molecule has 2 nitrogen and oxygen atoms in total. The van der Waals surface area contributed by atoms with E-state index in [-0.39, 0.29) is 5.92 Å². The van der Waals surface area contributed by atoms with Crippen molar-refractivity contribution in [3.8, 4) is 11.4 Å². The van der Waals surface area contributed by atoms with Crippen LogP contribution < -0.4 is 10.4 Å². The van der Waals surface area contributed by atoms with Gasteiger partial charge in [-0.1, -0.05) is 73.7 Å². The average molecular weight is 312 g/mol. The van der Waals surface area contributed by atoms with Crippen LogP contribution in [0.15, 0.2) is 60.7 Å². The molecule has 24 heavy (non-hydrogen) atoms. The van der Waals surface area contributed by atoms with Crippen LogP contribution in [0.25, 0.3) is 23.5 Å². The van der Waals surface area contributed by atoms with Crippen LogP contribution in [0.4, 0.5) is 0 Å². The van der Waals surface area contributed by atoms with Crippen molar-refractivity contribution < 1.29 is 0 Å². The first kappa shape index (κ1) is 14.8. The van der Waals surface area contributed by atoms with E-state index in [9.17, 15) is 0 Å². The number of hydrogen-bond donors (Lipinski definition) is 0. The summed E-state index contributed by atoms with van der Waals surface area (Å²) in [6, 6.07) is 20.9. The molecule has 1 aliphatic rings. The number of benzene rings is 2. The smallest absolute Gasteiger partial charge is 0.159 e. The van der Waals surface area contributed by atoms with E-state index >= 15 is 0 Å². The van der Waals surface area contributed by atoms with Crippen LogP contribution >= 0.6 is 0 Å². The standard InChI is InChI=1S/C22H20N2/c1-15-12-18-10-6-7-11-19(18)14-20(15)21-13-16(2)23-22(24-21)17-8-4-3-5-9-17/h3-15,20H,1-2H3. The van der Waals surface area contributed by atoms with Gasteiger partial charge >= 0.3 is 0 Å². The van der Waals surface area contributed by atoms with Crippen LogP contribution in [0, 0.1) is 12.8 Å². The first-order valence-electron chi connectivity index (χ1n) is 8.40. The summed E-state index contributed by atoms with van der Waals surface area (Å²) in [7, 11) is 0. The summed E-state index contributed by atoms with van der Waals surface area (Å²) in [5.74, 6) is 1.51. The number of aromatic nitrogens is 2. The molecule has 0 spiro atoms. The van der Waals surface area contributed by atoms with Gasteiger partial charge in [0.1, 0.15) is 0 Å². The van der Waals surface area contributed by atoms with E-state index in [1.54, 1.807) is 0 Å². The van der Waals surface area contributed by atoms with Gasteiger partial charge in [0.2, 0.25) is 0 Å². The Morgan fingerprint density at radius 1 is 0.792 bits per heavy atom. The van der Waals surface area contributed by atoms with E-state index in [2.05, 4.69) is 66.5 Å².